The molecule has 0 rings (SSSR count). The average molecular weight is 168 g/mol. The third kappa shape index (κ3) is 16.1. The first-order valence-electron chi connectivity index (χ1n) is 4.79. The zero-order valence-electron chi connectivity index (χ0n) is 9.35. The molecule has 0 aromatic carbocycles. The minimum Gasteiger partial charge on any atom is -0.0991 e. The molecule has 0 heterocycles. The largest absolute Gasteiger partial charge is 0.0991 e. The monoisotopic (exact) mass is 168 g/mol. The van der Waals surface area contributed by atoms with Crippen molar-refractivity contribution in [2.24, 2.45) is 0 Å². The highest BCUT2D eigenvalue weighted by molar-refractivity contribution is 5.20. The van der Waals surface area contributed by atoms with E-state index in [1.807, 2.05) is 39.8 Å². The molecule has 0 radical (unpaired) electrons. The standard InChI is InChI=1S/C8H12.2C2H6/c1-4-7-8(5-2)6-3;2*1-2/h4-5,7H,1-2,6H2,3H3;2*1-2H3/b8-7+;;. The molecule has 0 N–H and O–H groups in total. The van der Waals surface area contributed by atoms with Gasteiger partial charge in [0.05, 0.1) is 0 Å². The van der Waals surface area contributed by atoms with Gasteiger partial charge in [-0.1, -0.05) is 66.0 Å². The third-order valence-electron chi connectivity index (χ3n) is 1.00. The number of rotatable bonds is 3. The predicted molar refractivity (Wildman–Crippen MR) is 61.5 cm³/mol. The van der Waals surface area contributed by atoms with Crippen LogP contribution in [-0.4, -0.2) is 0 Å². The molecule has 0 saturated carbocycles. The first-order valence-corrected chi connectivity index (χ1v) is 4.79. The van der Waals surface area contributed by atoms with Gasteiger partial charge in [-0.2, -0.15) is 0 Å². The lowest BCUT2D eigenvalue weighted by atomic mass is 10.2. The van der Waals surface area contributed by atoms with Crippen LogP contribution >= 0.6 is 0 Å². The Morgan fingerprint density at radius 2 is 1.50 bits per heavy atom. The Hall–Kier alpha value is -0.780. The van der Waals surface area contributed by atoms with Crippen molar-refractivity contribution in [1.82, 2.24) is 0 Å². The van der Waals surface area contributed by atoms with Crippen LogP contribution in [0.4, 0.5) is 0 Å². The van der Waals surface area contributed by atoms with Gasteiger partial charge in [0.15, 0.2) is 0 Å². The lowest BCUT2D eigenvalue weighted by molar-refractivity contribution is 1.15. The average Bonchev–Trinajstić information content (AvgIpc) is 2.20. The molecule has 0 heteroatoms. The Balaban J connectivity index is -0.000000175. The lowest BCUT2D eigenvalue weighted by Crippen LogP contribution is -1.68. The predicted octanol–water partition coefficient (Wildman–Crippen LogP) is 4.75. The fourth-order valence-electron chi connectivity index (χ4n) is 0.482. The van der Waals surface area contributed by atoms with E-state index in [2.05, 4.69) is 20.1 Å². The Labute approximate surface area is 78.7 Å². The van der Waals surface area contributed by atoms with Crippen molar-refractivity contribution in [2.75, 3.05) is 0 Å². The molecule has 0 atom stereocenters. The molecule has 0 saturated heterocycles. The van der Waals surface area contributed by atoms with Crippen LogP contribution in [0.3, 0.4) is 0 Å². The van der Waals surface area contributed by atoms with Crippen LogP contribution in [0.5, 0.6) is 0 Å². The molecule has 0 nitrogen and oxygen atoms in total. The highest BCUT2D eigenvalue weighted by Gasteiger charge is 1.79. The van der Waals surface area contributed by atoms with Gasteiger partial charge in [0, 0.05) is 0 Å². The quantitative estimate of drug-likeness (QED) is 0.534. The Kier molecular flexibility index (Phi) is 32.5. The summed E-state index contributed by atoms with van der Waals surface area (Å²) in [7, 11) is 0. The molecule has 12 heavy (non-hydrogen) atoms. The summed E-state index contributed by atoms with van der Waals surface area (Å²) in [6.07, 6.45) is 6.63. The Bertz CT molecular complexity index is 107. The van der Waals surface area contributed by atoms with E-state index in [0.717, 1.165) is 6.42 Å². The van der Waals surface area contributed by atoms with Crippen LogP contribution in [0.25, 0.3) is 0 Å². The van der Waals surface area contributed by atoms with E-state index in [1.165, 1.54) is 5.57 Å². The fraction of sp³-hybridized carbons (Fsp3) is 0.500. The second-order valence-corrected chi connectivity index (χ2v) is 1.53. The van der Waals surface area contributed by atoms with Gasteiger partial charge in [-0.3, -0.25) is 0 Å². The zero-order chi connectivity index (χ0) is 10.4. The second kappa shape index (κ2) is 22.5. The van der Waals surface area contributed by atoms with Crippen molar-refractivity contribution in [1.29, 1.82) is 0 Å². The van der Waals surface area contributed by atoms with Crippen molar-refractivity contribution < 1.29 is 0 Å². The SMILES string of the molecule is C=C/C=C(\C=C)CC.CC.CC. The van der Waals surface area contributed by atoms with Gasteiger partial charge in [-0.25, -0.2) is 0 Å². The van der Waals surface area contributed by atoms with E-state index in [9.17, 15) is 0 Å². The minimum absolute atomic E-state index is 1.04. The molecular formula is C12H24. The molecule has 0 aromatic heterocycles. The minimum atomic E-state index is 1.04. The van der Waals surface area contributed by atoms with Gasteiger partial charge in [0.1, 0.15) is 0 Å². The van der Waals surface area contributed by atoms with Crippen LogP contribution in [0.1, 0.15) is 41.0 Å². The van der Waals surface area contributed by atoms with E-state index >= 15 is 0 Å². The van der Waals surface area contributed by atoms with E-state index in [1.54, 1.807) is 6.08 Å². The smallest absolute Gasteiger partial charge is 0.0308 e. The molecule has 0 amide bonds. The van der Waals surface area contributed by atoms with Crippen molar-refractivity contribution in [3.05, 3.63) is 37.0 Å². The molecular weight excluding hydrogens is 144 g/mol. The van der Waals surface area contributed by atoms with Crippen molar-refractivity contribution >= 4 is 0 Å². The van der Waals surface area contributed by atoms with Crippen molar-refractivity contribution in [2.45, 2.75) is 41.0 Å². The normalized spacial score (nSPS) is 8.25. The van der Waals surface area contributed by atoms with Crippen LogP contribution in [0.2, 0.25) is 0 Å². The molecule has 72 valence electrons. The van der Waals surface area contributed by atoms with Crippen LogP contribution < -0.4 is 0 Å². The molecule has 0 aliphatic carbocycles. The highest BCUT2D eigenvalue weighted by Crippen LogP contribution is 1.99. The summed E-state index contributed by atoms with van der Waals surface area (Å²) in [5, 5.41) is 0. The number of hydrogen-bond donors (Lipinski definition) is 0. The van der Waals surface area contributed by atoms with E-state index < -0.39 is 0 Å². The summed E-state index contributed by atoms with van der Waals surface area (Å²) in [5.74, 6) is 0. The molecule has 0 aliphatic heterocycles. The zero-order valence-corrected chi connectivity index (χ0v) is 9.35. The Morgan fingerprint density at radius 3 is 1.58 bits per heavy atom. The molecule has 0 fully saturated rings. The maximum Gasteiger partial charge on any atom is -0.0308 e. The molecule has 0 bridgehead atoms. The summed E-state index contributed by atoms with van der Waals surface area (Å²) >= 11 is 0. The maximum absolute atomic E-state index is 3.63. The molecule has 0 aliphatic rings. The van der Waals surface area contributed by atoms with Gasteiger partial charge >= 0.3 is 0 Å². The van der Waals surface area contributed by atoms with E-state index in [4.69, 9.17) is 0 Å². The van der Waals surface area contributed by atoms with Crippen LogP contribution in [0.15, 0.2) is 37.0 Å². The van der Waals surface area contributed by atoms with Gasteiger partial charge in [-0.15, -0.1) is 0 Å². The number of hydrogen-bond acceptors (Lipinski definition) is 0. The summed E-state index contributed by atoms with van der Waals surface area (Å²) in [5.41, 5.74) is 1.24. The van der Waals surface area contributed by atoms with Crippen LogP contribution in [0, 0.1) is 0 Å². The number of allylic oxidation sites excluding steroid dienone is 4. The fourth-order valence-corrected chi connectivity index (χ4v) is 0.482. The second-order valence-electron chi connectivity index (χ2n) is 1.53. The molecule has 0 spiro atoms. The van der Waals surface area contributed by atoms with Gasteiger partial charge in [-0.05, 0) is 12.0 Å². The summed E-state index contributed by atoms with van der Waals surface area (Å²) in [4.78, 5) is 0. The summed E-state index contributed by atoms with van der Waals surface area (Å²) < 4.78 is 0. The third-order valence-corrected chi connectivity index (χ3v) is 1.00. The molecule has 0 aromatic rings. The van der Waals surface area contributed by atoms with Crippen molar-refractivity contribution in [3.63, 3.8) is 0 Å². The lowest BCUT2D eigenvalue weighted by Gasteiger charge is -1.89. The Morgan fingerprint density at radius 1 is 1.08 bits per heavy atom. The highest BCUT2D eigenvalue weighted by atomic mass is 13.8. The van der Waals surface area contributed by atoms with E-state index in [-0.39, 0.29) is 0 Å². The van der Waals surface area contributed by atoms with Gasteiger partial charge < -0.3 is 0 Å². The van der Waals surface area contributed by atoms with Crippen molar-refractivity contribution in [3.8, 4) is 0 Å². The van der Waals surface area contributed by atoms with Crippen LogP contribution in [-0.2, 0) is 0 Å². The van der Waals surface area contributed by atoms with E-state index in [0.29, 0.717) is 0 Å². The van der Waals surface area contributed by atoms with Gasteiger partial charge in [0.25, 0.3) is 0 Å². The van der Waals surface area contributed by atoms with Gasteiger partial charge in [0.2, 0.25) is 0 Å². The maximum atomic E-state index is 3.63. The first kappa shape index (κ1) is 17.3. The topological polar surface area (TPSA) is 0 Å². The summed E-state index contributed by atoms with van der Waals surface area (Å²) in [6, 6.07) is 0. The summed E-state index contributed by atoms with van der Waals surface area (Å²) in [6.45, 7) is 17.3. The molecule has 0 unspecified atom stereocenters. The first-order chi connectivity index (χ1) is 5.85.